The molecule has 1 aliphatic carbocycles. The first-order valence-corrected chi connectivity index (χ1v) is 9.45. The van der Waals surface area contributed by atoms with Crippen molar-refractivity contribution in [3.05, 3.63) is 90.5 Å². The molecular weight excluding hydrogens is 334 g/mol. The molecule has 3 heteroatoms. The number of ether oxygens (including phenoxy) is 1. The lowest BCUT2D eigenvalue weighted by Gasteiger charge is -2.39. The van der Waals surface area contributed by atoms with E-state index in [0.29, 0.717) is 0 Å². The summed E-state index contributed by atoms with van der Waals surface area (Å²) in [5, 5.41) is 0. The Morgan fingerprint density at radius 2 is 1.30 bits per heavy atom. The third kappa shape index (κ3) is 3.45. The van der Waals surface area contributed by atoms with Gasteiger partial charge in [0.05, 0.1) is 5.54 Å². The van der Waals surface area contributed by atoms with Crippen molar-refractivity contribution in [2.45, 2.75) is 31.2 Å². The molecule has 0 unspecified atom stereocenters. The van der Waals surface area contributed by atoms with Gasteiger partial charge in [-0.25, -0.2) is 0 Å². The highest BCUT2D eigenvalue weighted by Crippen LogP contribution is 2.45. The van der Waals surface area contributed by atoms with E-state index in [1.54, 1.807) is 0 Å². The van der Waals surface area contributed by atoms with Crippen LogP contribution in [0.2, 0.25) is 0 Å². The minimum absolute atomic E-state index is 0.259. The van der Waals surface area contributed by atoms with Crippen LogP contribution in [-0.4, -0.2) is 6.41 Å². The molecule has 3 nitrogen and oxygen atoms in total. The fraction of sp³-hybridized carbons (Fsp3) is 0.208. The Kier molecular flexibility index (Phi) is 4.93. The van der Waals surface area contributed by atoms with Gasteiger partial charge < -0.3 is 9.64 Å². The summed E-state index contributed by atoms with van der Waals surface area (Å²) in [4.78, 5) is 14.0. The molecule has 0 aromatic heterocycles. The van der Waals surface area contributed by atoms with Crippen LogP contribution in [0.4, 0.5) is 5.69 Å². The Hall–Kier alpha value is -3.07. The summed E-state index contributed by atoms with van der Waals surface area (Å²) in [6, 6.07) is 27.9. The van der Waals surface area contributed by atoms with Gasteiger partial charge in [-0.2, -0.15) is 0 Å². The number of para-hydroxylation sites is 1. The van der Waals surface area contributed by atoms with E-state index in [1.807, 2.05) is 65.6 Å². The Morgan fingerprint density at radius 1 is 0.741 bits per heavy atom. The van der Waals surface area contributed by atoms with Crippen molar-refractivity contribution < 1.29 is 9.53 Å². The summed E-state index contributed by atoms with van der Waals surface area (Å²) in [6.45, 7) is 0. The minimum Gasteiger partial charge on any atom is -0.457 e. The smallest absolute Gasteiger partial charge is 0.214 e. The molecular formula is C24H23NO2. The van der Waals surface area contributed by atoms with E-state index in [4.69, 9.17) is 4.74 Å². The zero-order chi connectivity index (χ0) is 18.5. The van der Waals surface area contributed by atoms with Crippen molar-refractivity contribution in [3.63, 3.8) is 0 Å². The van der Waals surface area contributed by atoms with Gasteiger partial charge >= 0.3 is 0 Å². The average Bonchev–Trinajstić information content (AvgIpc) is 3.22. The number of hydrogen-bond donors (Lipinski definition) is 0. The molecule has 1 saturated carbocycles. The number of rotatable bonds is 6. The topological polar surface area (TPSA) is 29.5 Å². The molecule has 0 heterocycles. The quantitative estimate of drug-likeness (QED) is 0.513. The molecule has 3 aromatic carbocycles. The SMILES string of the molecule is O=CN(c1ccc(Oc2ccccc2)cc1)C1(c2ccccc2)CCCC1. The van der Waals surface area contributed by atoms with Crippen LogP contribution in [0, 0.1) is 0 Å². The number of anilines is 1. The molecule has 1 amide bonds. The zero-order valence-corrected chi connectivity index (χ0v) is 15.3. The van der Waals surface area contributed by atoms with E-state index < -0.39 is 0 Å². The second-order valence-corrected chi connectivity index (χ2v) is 6.99. The summed E-state index contributed by atoms with van der Waals surface area (Å²) in [7, 11) is 0. The van der Waals surface area contributed by atoms with Crippen molar-refractivity contribution in [2.75, 3.05) is 4.90 Å². The van der Waals surface area contributed by atoms with Crippen LogP contribution in [0.25, 0.3) is 0 Å². The van der Waals surface area contributed by atoms with Crippen molar-refractivity contribution in [1.82, 2.24) is 0 Å². The summed E-state index contributed by atoms with van der Waals surface area (Å²) in [6.07, 6.45) is 5.21. The van der Waals surface area contributed by atoms with E-state index in [1.165, 1.54) is 5.56 Å². The third-order valence-corrected chi connectivity index (χ3v) is 5.40. The van der Waals surface area contributed by atoms with Gasteiger partial charge in [0.25, 0.3) is 0 Å². The minimum atomic E-state index is -0.259. The lowest BCUT2D eigenvalue weighted by molar-refractivity contribution is -0.108. The standard InChI is InChI=1S/C24H23NO2/c26-19-25(24(17-7-8-18-24)20-9-3-1-4-10-20)21-13-15-23(16-14-21)27-22-11-5-2-6-12-22/h1-6,9-16,19H,7-8,17-18H2. The molecule has 27 heavy (non-hydrogen) atoms. The van der Waals surface area contributed by atoms with Gasteiger partial charge in [-0.3, -0.25) is 4.79 Å². The van der Waals surface area contributed by atoms with Crippen LogP contribution in [0.1, 0.15) is 31.2 Å². The fourth-order valence-electron chi connectivity index (χ4n) is 4.09. The van der Waals surface area contributed by atoms with E-state index in [9.17, 15) is 4.79 Å². The molecule has 0 spiro atoms. The summed E-state index contributed by atoms with van der Waals surface area (Å²) in [5.41, 5.74) is 1.85. The van der Waals surface area contributed by atoms with Crippen LogP contribution < -0.4 is 9.64 Å². The first-order chi connectivity index (χ1) is 13.3. The number of carbonyl (C=O) groups excluding carboxylic acids is 1. The van der Waals surface area contributed by atoms with Gasteiger partial charge in [-0.05, 0) is 54.8 Å². The van der Waals surface area contributed by atoms with Crippen molar-refractivity contribution in [3.8, 4) is 11.5 Å². The second kappa shape index (κ2) is 7.67. The highest BCUT2D eigenvalue weighted by atomic mass is 16.5. The molecule has 0 atom stereocenters. The predicted octanol–water partition coefficient (Wildman–Crippen LogP) is 5.91. The lowest BCUT2D eigenvalue weighted by atomic mass is 9.86. The van der Waals surface area contributed by atoms with Gasteiger partial charge in [-0.1, -0.05) is 61.4 Å². The molecule has 0 bridgehead atoms. The molecule has 0 saturated heterocycles. The Balaban J connectivity index is 1.63. The molecule has 1 aliphatic rings. The van der Waals surface area contributed by atoms with Crippen LogP contribution in [0.5, 0.6) is 11.5 Å². The van der Waals surface area contributed by atoms with Crippen LogP contribution >= 0.6 is 0 Å². The predicted molar refractivity (Wildman–Crippen MR) is 108 cm³/mol. The first kappa shape index (κ1) is 17.3. The van der Waals surface area contributed by atoms with Gasteiger partial charge in [0, 0.05) is 5.69 Å². The monoisotopic (exact) mass is 357 g/mol. The fourth-order valence-corrected chi connectivity index (χ4v) is 4.09. The number of nitrogens with zero attached hydrogens (tertiary/aromatic N) is 1. The van der Waals surface area contributed by atoms with E-state index in [-0.39, 0.29) is 5.54 Å². The highest BCUT2D eigenvalue weighted by Gasteiger charge is 2.41. The molecule has 3 aromatic rings. The molecule has 4 rings (SSSR count). The van der Waals surface area contributed by atoms with E-state index >= 15 is 0 Å². The number of carbonyl (C=O) groups is 1. The third-order valence-electron chi connectivity index (χ3n) is 5.40. The summed E-state index contributed by atoms with van der Waals surface area (Å²) in [5.74, 6) is 1.56. The van der Waals surface area contributed by atoms with Crippen molar-refractivity contribution in [1.29, 1.82) is 0 Å². The maximum Gasteiger partial charge on any atom is 0.214 e. The molecule has 1 fully saturated rings. The summed E-state index contributed by atoms with van der Waals surface area (Å²) >= 11 is 0. The summed E-state index contributed by atoms with van der Waals surface area (Å²) < 4.78 is 5.88. The largest absolute Gasteiger partial charge is 0.457 e. The zero-order valence-electron chi connectivity index (χ0n) is 15.3. The van der Waals surface area contributed by atoms with Gasteiger partial charge in [-0.15, -0.1) is 0 Å². The highest BCUT2D eigenvalue weighted by molar-refractivity contribution is 5.78. The average molecular weight is 357 g/mol. The molecule has 0 N–H and O–H groups in total. The van der Waals surface area contributed by atoms with Crippen LogP contribution in [0.3, 0.4) is 0 Å². The van der Waals surface area contributed by atoms with E-state index in [2.05, 4.69) is 24.3 Å². The number of amides is 1. The Labute approximate surface area is 160 Å². The lowest BCUT2D eigenvalue weighted by Crippen LogP contribution is -2.43. The van der Waals surface area contributed by atoms with Crippen LogP contribution in [0.15, 0.2) is 84.9 Å². The van der Waals surface area contributed by atoms with Gasteiger partial charge in [0.1, 0.15) is 11.5 Å². The Morgan fingerprint density at radius 3 is 1.89 bits per heavy atom. The number of hydrogen-bond acceptors (Lipinski definition) is 2. The Bertz CT molecular complexity index is 869. The first-order valence-electron chi connectivity index (χ1n) is 9.45. The second-order valence-electron chi connectivity index (χ2n) is 6.99. The van der Waals surface area contributed by atoms with Crippen LogP contribution in [-0.2, 0) is 10.3 Å². The van der Waals surface area contributed by atoms with Crippen molar-refractivity contribution >= 4 is 12.1 Å². The molecule has 0 aliphatic heterocycles. The van der Waals surface area contributed by atoms with Gasteiger partial charge in [0.15, 0.2) is 0 Å². The van der Waals surface area contributed by atoms with Gasteiger partial charge in [0.2, 0.25) is 6.41 Å². The maximum atomic E-state index is 12.1. The number of benzene rings is 3. The van der Waals surface area contributed by atoms with Crippen molar-refractivity contribution in [2.24, 2.45) is 0 Å². The normalized spacial score (nSPS) is 15.3. The molecule has 0 radical (unpaired) electrons. The van der Waals surface area contributed by atoms with E-state index in [0.717, 1.165) is 49.3 Å². The molecule has 136 valence electrons. The maximum absolute atomic E-state index is 12.1.